The number of rotatable bonds is 10. The van der Waals surface area contributed by atoms with E-state index < -0.39 is 0 Å². The predicted molar refractivity (Wildman–Crippen MR) is 99.6 cm³/mol. The van der Waals surface area contributed by atoms with Gasteiger partial charge >= 0.3 is 0 Å². The van der Waals surface area contributed by atoms with E-state index in [0.29, 0.717) is 6.42 Å². The summed E-state index contributed by atoms with van der Waals surface area (Å²) in [6, 6.07) is 7.48. The lowest BCUT2D eigenvalue weighted by atomic mass is 10.0. The fraction of sp³-hybridized carbons (Fsp3) is 0.500. The van der Waals surface area contributed by atoms with E-state index in [0.717, 1.165) is 30.0 Å². The van der Waals surface area contributed by atoms with Gasteiger partial charge in [-0.3, -0.25) is 4.79 Å². The average molecular weight is 343 g/mol. The topological polar surface area (TPSA) is 56.1 Å². The van der Waals surface area contributed by atoms with Gasteiger partial charge in [0.2, 0.25) is 5.91 Å². The van der Waals surface area contributed by atoms with Crippen LogP contribution in [0.15, 0.2) is 36.7 Å². The first-order valence-corrected chi connectivity index (χ1v) is 9.06. The molecule has 1 heterocycles. The Morgan fingerprint density at radius 1 is 1.28 bits per heavy atom. The van der Waals surface area contributed by atoms with Crippen LogP contribution in [0.2, 0.25) is 0 Å². The standard InChI is InChI=1S/C20H29N3O2/c1-4-5-6-7-8-12-18(24)22-19(20-21-13-14-23(20)2)16-10-9-11-17(15-16)25-3/h9-11,13-15,19H,4-8,12H2,1-3H3,(H,22,24). The number of benzene rings is 1. The summed E-state index contributed by atoms with van der Waals surface area (Å²) < 4.78 is 7.26. The van der Waals surface area contributed by atoms with Crippen LogP contribution in [0.4, 0.5) is 0 Å². The second kappa shape index (κ2) is 9.87. The number of unbranched alkanes of at least 4 members (excludes halogenated alkanes) is 4. The van der Waals surface area contributed by atoms with Crippen LogP contribution in [-0.2, 0) is 11.8 Å². The van der Waals surface area contributed by atoms with E-state index in [1.165, 1.54) is 19.3 Å². The first-order chi connectivity index (χ1) is 12.2. The molecule has 0 bridgehead atoms. The van der Waals surface area contributed by atoms with E-state index >= 15 is 0 Å². The Balaban J connectivity index is 2.08. The monoisotopic (exact) mass is 343 g/mol. The molecule has 0 aliphatic heterocycles. The van der Waals surface area contributed by atoms with Crippen molar-refractivity contribution in [3.63, 3.8) is 0 Å². The van der Waals surface area contributed by atoms with Crippen LogP contribution in [0.5, 0.6) is 5.75 Å². The molecule has 5 nitrogen and oxygen atoms in total. The molecule has 5 heteroatoms. The van der Waals surface area contributed by atoms with Gasteiger partial charge in [-0.05, 0) is 24.1 Å². The lowest BCUT2D eigenvalue weighted by Gasteiger charge is -2.20. The fourth-order valence-corrected chi connectivity index (χ4v) is 2.90. The molecule has 0 saturated carbocycles. The van der Waals surface area contributed by atoms with Crippen molar-refractivity contribution in [1.29, 1.82) is 0 Å². The highest BCUT2D eigenvalue weighted by Crippen LogP contribution is 2.24. The molecule has 2 aromatic rings. The number of nitrogens with zero attached hydrogens (tertiary/aromatic N) is 2. The summed E-state index contributed by atoms with van der Waals surface area (Å²) in [4.78, 5) is 16.9. The normalized spacial score (nSPS) is 12.0. The Bertz CT molecular complexity index is 666. The molecule has 0 fully saturated rings. The van der Waals surface area contributed by atoms with Crippen molar-refractivity contribution < 1.29 is 9.53 Å². The van der Waals surface area contributed by atoms with Crippen LogP contribution in [0.25, 0.3) is 0 Å². The van der Waals surface area contributed by atoms with Crippen LogP contribution in [-0.4, -0.2) is 22.6 Å². The molecular weight excluding hydrogens is 314 g/mol. The molecule has 0 aliphatic rings. The molecule has 2 rings (SSSR count). The molecule has 1 aromatic carbocycles. The Kier molecular flexibility index (Phi) is 7.51. The third-order valence-corrected chi connectivity index (χ3v) is 4.36. The number of amides is 1. The van der Waals surface area contributed by atoms with Crippen LogP contribution >= 0.6 is 0 Å². The summed E-state index contributed by atoms with van der Waals surface area (Å²) in [7, 11) is 3.58. The molecular formula is C20H29N3O2. The van der Waals surface area contributed by atoms with Gasteiger partial charge in [0.1, 0.15) is 17.6 Å². The molecule has 1 amide bonds. The van der Waals surface area contributed by atoms with Gasteiger partial charge in [0.25, 0.3) is 0 Å². The average Bonchev–Trinajstić information content (AvgIpc) is 3.05. The summed E-state index contributed by atoms with van der Waals surface area (Å²) in [6.07, 6.45) is 9.87. The number of nitrogens with one attached hydrogen (secondary N) is 1. The maximum Gasteiger partial charge on any atom is 0.220 e. The zero-order valence-corrected chi connectivity index (χ0v) is 15.5. The second-order valence-electron chi connectivity index (χ2n) is 6.34. The number of hydrogen-bond donors (Lipinski definition) is 1. The van der Waals surface area contributed by atoms with Crippen LogP contribution in [0.3, 0.4) is 0 Å². The minimum absolute atomic E-state index is 0.0623. The van der Waals surface area contributed by atoms with E-state index in [2.05, 4.69) is 17.2 Å². The molecule has 1 N–H and O–H groups in total. The zero-order chi connectivity index (χ0) is 18.1. The number of methoxy groups -OCH3 is 1. The Morgan fingerprint density at radius 2 is 2.08 bits per heavy atom. The zero-order valence-electron chi connectivity index (χ0n) is 15.5. The minimum atomic E-state index is -0.279. The number of carbonyl (C=O) groups is 1. The Morgan fingerprint density at radius 3 is 2.76 bits per heavy atom. The smallest absolute Gasteiger partial charge is 0.220 e. The van der Waals surface area contributed by atoms with Crippen molar-refractivity contribution in [3.8, 4) is 5.75 Å². The van der Waals surface area contributed by atoms with E-state index in [1.807, 2.05) is 42.1 Å². The second-order valence-corrected chi connectivity index (χ2v) is 6.34. The van der Waals surface area contributed by atoms with Gasteiger partial charge in [-0.1, -0.05) is 44.7 Å². The summed E-state index contributed by atoms with van der Waals surface area (Å²) in [5, 5.41) is 3.14. The molecule has 0 aliphatic carbocycles. The minimum Gasteiger partial charge on any atom is -0.497 e. The maximum absolute atomic E-state index is 12.4. The first-order valence-electron chi connectivity index (χ1n) is 9.06. The summed E-state index contributed by atoms with van der Waals surface area (Å²) >= 11 is 0. The SMILES string of the molecule is CCCCCCCC(=O)NC(c1cccc(OC)c1)c1nccn1C. The molecule has 25 heavy (non-hydrogen) atoms. The molecule has 0 spiro atoms. The predicted octanol–water partition coefficient (Wildman–Crippen LogP) is 3.99. The largest absolute Gasteiger partial charge is 0.497 e. The maximum atomic E-state index is 12.4. The highest BCUT2D eigenvalue weighted by atomic mass is 16.5. The molecule has 1 aromatic heterocycles. The molecule has 0 radical (unpaired) electrons. The van der Waals surface area contributed by atoms with Crippen LogP contribution < -0.4 is 10.1 Å². The molecule has 1 unspecified atom stereocenters. The Labute approximate surface area is 150 Å². The lowest BCUT2D eigenvalue weighted by molar-refractivity contribution is -0.121. The number of hydrogen-bond acceptors (Lipinski definition) is 3. The van der Waals surface area contributed by atoms with Crippen LogP contribution in [0, 0.1) is 0 Å². The van der Waals surface area contributed by atoms with E-state index in [4.69, 9.17) is 4.74 Å². The molecule has 1 atom stereocenters. The van der Waals surface area contributed by atoms with Gasteiger partial charge in [0.15, 0.2) is 0 Å². The van der Waals surface area contributed by atoms with Crippen molar-refractivity contribution in [1.82, 2.24) is 14.9 Å². The van der Waals surface area contributed by atoms with Crippen molar-refractivity contribution in [2.75, 3.05) is 7.11 Å². The quantitative estimate of drug-likeness (QED) is 0.664. The van der Waals surface area contributed by atoms with Gasteiger partial charge in [-0.25, -0.2) is 4.98 Å². The molecule has 136 valence electrons. The van der Waals surface area contributed by atoms with E-state index in [9.17, 15) is 4.79 Å². The number of aromatic nitrogens is 2. The number of aryl methyl sites for hydroxylation is 1. The van der Waals surface area contributed by atoms with Crippen molar-refractivity contribution in [2.24, 2.45) is 7.05 Å². The fourth-order valence-electron chi connectivity index (χ4n) is 2.90. The van der Waals surface area contributed by atoms with Crippen molar-refractivity contribution in [3.05, 3.63) is 48.0 Å². The van der Waals surface area contributed by atoms with Gasteiger partial charge in [-0.2, -0.15) is 0 Å². The number of carbonyl (C=O) groups excluding carboxylic acids is 1. The molecule has 0 saturated heterocycles. The highest BCUT2D eigenvalue weighted by Gasteiger charge is 2.21. The van der Waals surface area contributed by atoms with Gasteiger partial charge in [0, 0.05) is 25.9 Å². The van der Waals surface area contributed by atoms with Gasteiger partial charge in [-0.15, -0.1) is 0 Å². The number of imidazole rings is 1. The summed E-state index contributed by atoms with van der Waals surface area (Å²) in [6.45, 7) is 2.19. The first kappa shape index (κ1) is 19.0. The third-order valence-electron chi connectivity index (χ3n) is 4.36. The van der Waals surface area contributed by atoms with Crippen molar-refractivity contribution >= 4 is 5.91 Å². The van der Waals surface area contributed by atoms with Gasteiger partial charge < -0.3 is 14.6 Å². The summed E-state index contributed by atoms with van der Waals surface area (Å²) in [5.41, 5.74) is 0.966. The highest BCUT2D eigenvalue weighted by molar-refractivity contribution is 5.76. The summed E-state index contributed by atoms with van der Waals surface area (Å²) in [5.74, 6) is 1.64. The van der Waals surface area contributed by atoms with Crippen molar-refractivity contribution in [2.45, 2.75) is 51.5 Å². The lowest BCUT2D eigenvalue weighted by Crippen LogP contribution is -2.30. The van der Waals surface area contributed by atoms with Gasteiger partial charge in [0.05, 0.1) is 7.11 Å². The number of ether oxygens (including phenoxy) is 1. The third kappa shape index (κ3) is 5.62. The Hall–Kier alpha value is -2.30. The van der Waals surface area contributed by atoms with Crippen LogP contribution in [0.1, 0.15) is 62.9 Å². The van der Waals surface area contributed by atoms with E-state index in [-0.39, 0.29) is 11.9 Å². The van der Waals surface area contributed by atoms with E-state index in [1.54, 1.807) is 13.3 Å².